The van der Waals surface area contributed by atoms with Crippen LogP contribution in [0.5, 0.6) is 0 Å². The molecule has 3 heteroatoms. The molecule has 1 rings (SSSR count). The lowest BCUT2D eigenvalue weighted by Crippen LogP contribution is -2.60. The number of rotatable bonds is 2. The highest BCUT2D eigenvalue weighted by molar-refractivity contribution is 5.89. The van der Waals surface area contributed by atoms with Crippen molar-refractivity contribution in [1.82, 2.24) is 4.90 Å². The molecule has 1 aliphatic rings. The largest absolute Gasteiger partial charge is 0.318 e. The molecule has 1 unspecified atom stereocenters. The minimum absolute atomic E-state index is 0.235. The van der Waals surface area contributed by atoms with Crippen LogP contribution in [0.25, 0.3) is 0 Å². The predicted molar refractivity (Wildman–Crippen MR) is 53.5 cm³/mol. The molecule has 2 N–H and O–H groups in total. The minimum atomic E-state index is -0.582. The van der Waals surface area contributed by atoms with Gasteiger partial charge in [0.25, 0.3) is 0 Å². The third kappa shape index (κ3) is 2.51. The topological polar surface area (TPSA) is 46.3 Å². The number of hydrogen-bond acceptors (Lipinski definition) is 3. The highest BCUT2D eigenvalue weighted by Gasteiger charge is 2.38. The molecule has 13 heavy (non-hydrogen) atoms. The molecular formula is C10H20N2O. The van der Waals surface area contributed by atoms with E-state index in [2.05, 4.69) is 18.7 Å². The molecular weight excluding hydrogens is 164 g/mol. The number of carbonyl (C=O) groups excluding carboxylic acids is 1. The van der Waals surface area contributed by atoms with Crippen LogP contribution in [0, 0.1) is 5.92 Å². The molecule has 0 bridgehead atoms. The summed E-state index contributed by atoms with van der Waals surface area (Å²) in [5, 5.41) is 0. The summed E-state index contributed by atoms with van der Waals surface area (Å²) >= 11 is 0. The van der Waals surface area contributed by atoms with Crippen molar-refractivity contribution in [3.05, 3.63) is 0 Å². The maximum absolute atomic E-state index is 11.6. The van der Waals surface area contributed by atoms with Gasteiger partial charge >= 0.3 is 0 Å². The van der Waals surface area contributed by atoms with Crippen LogP contribution in [0.2, 0.25) is 0 Å². The van der Waals surface area contributed by atoms with Crippen molar-refractivity contribution in [3.8, 4) is 0 Å². The van der Waals surface area contributed by atoms with Gasteiger partial charge in [0.1, 0.15) is 0 Å². The molecule has 1 aliphatic heterocycles. The fourth-order valence-corrected chi connectivity index (χ4v) is 2.10. The maximum atomic E-state index is 11.6. The molecule has 0 saturated carbocycles. The van der Waals surface area contributed by atoms with E-state index in [1.54, 1.807) is 0 Å². The summed E-state index contributed by atoms with van der Waals surface area (Å²) in [5.74, 6) is 0.722. The van der Waals surface area contributed by atoms with E-state index in [0.717, 1.165) is 13.0 Å². The Morgan fingerprint density at radius 1 is 1.62 bits per heavy atom. The van der Waals surface area contributed by atoms with Gasteiger partial charge in [0.2, 0.25) is 0 Å². The summed E-state index contributed by atoms with van der Waals surface area (Å²) in [6.45, 7) is 5.78. The Labute approximate surface area is 80.3 Å². The van der Waals surface area contributed by atoms with Gasteiger partial charge in [0.05, 0.1) is 5.54 Å². The number of ketones is 1. The van der Waals surface area contributed by atoms with Gasteiger partial charge in [-0.05, 0) is 19.4 Å². The number of nitrogens with two attached hydrogens (primary N) is 1. The molecule has 0 amide bonds. The number of likely N-dealkylation sites (N-methyl/N-ethyl adjacent to an activating group) is 1. The molecule has 1 heterocycles. The van der Waals surface area contributed by atoms with E-state index < -0.39 is 5.54 Å². The Morgan fingerprint density at radius 3 is 2.77 bits per heavy atom. The van der Waals surface area contributed by atoms with Crippen LogP contribution in [0.4, 0.5) is 0 Å². The van der Waals surface area contributed by atoms with E-state index in [-0.39, 0.29) is 5.78 Å². The van der Waals surface area contributed by atoms with Crippen LogP contribution in [0.1, 0.15) is 26.7 Å². The Balaban J connectivity index is 2.67. The van der Waals surface area contributed by atoms with Gasteiger partial charge in [-0.15, -0.1) is 0 Å². The Kier molecular flexibility index (Phi) is 3.09. The van der Waals surface area contributed by atoms with Crippen LogP contribution >= 0.6 is 0 Å². The van der Waals surface area contributed by atoms with Crippen molar-refractivity contribution in [2.24, 2.45) is 11.7 Å². The number of piperidine rings is 1. The quantitative estimate of drug-likeness (QED) is 0.685. The average Bonchev–Trinajstić information content (AvgIpc) is 1.95. The lowest BCUT2D eigenvalue weighted by Gasteiger charge is -2.38. The molecule has 1 atom stereocenters. The van der Waals surface area contributed by atoms with Crippen LogP contribution < -0.4 is 5.73 Å². The van der Waals surface area contributed by atoms with Gasteiger partial charge in [-0.2, -0.15) is 0 Å². The van der Waals surface area contributed by atoms with E-state index in [4.69, 9.17) is 5.73 Å². The predicted octanol–water partition coefficient (Wildman–Crippen LogP) is 0.635. The van der Waals surface area contributed by atoms with Crippen molar-refractivity contribution in [2.45, 2.75) is 32.2 Å². The van der Waals surface area contributed by atoms with E-state index >= 15 is 0 Å². The van der Waals surface area contributed by atoms with Crippen molar-refractivity contribution in [3.63, 3.8) is 0 Å². The second kappa shape index (κ2) is 3.76. The third-order valence-corrected chi connectivity index (χ3v) is 2.60. The third-order valence-electron chi connectivity index (χ3n) is 2.60. The first-order chi connectivity index (χ1) is 5.94. The Bertz CT molecular complexity index is 199. The molecule has 0 aromatic rings. The molecule has 0 aromatic heterocycles. The van der Waals surface area contributed by atoms with E-state index in [1.807, 2.05) is 7.05 Å². The fraction of sp³-hybridized carbons (Fsp3) is 0.900. The van der Waals surface area contributed by atoms with Gasteiger partial charge in [-0.25, -0.2) is 0 Å². The van der Waals surface area contributed by atoms with Gasteiger partial charge < -0.3 is 10.6 Å². The van der Waals surface area contributed by atoms with Crippen LogP contribution in [-0.4, -0.2) is 36.4 Å². The lowest BCUT2D eigenvalue weighted by molar-refractivity contribution is -0.128. The maximum Gasteiger partial charge on any atom is 0.155 e. The summed E-state index contributed by atoms with van der Waals surface area (Å²) < 4.78 is 0. The summed E-state index contributed by atoms with van der Waals surface area (Å²) in [5.41, 5.74) is 5.52. The zero-order valence-corrected chi connectivity index (χ0v) is 8.84. The highest BCUT2D eigenvalue weighted by atomic mass is 16.1. The lowest BCUT2D eigenvalue weighted by atomic mass is 9.82. The second-order valence-corrected chi connectivity index (χ2v) is 4.67. The smallest absolute Gasteiger partial charge is 0.155 e. The van der Waals surface area contributed by atoms with Gasteiger partial charge in [0.15, 0.2) is 5.78 Å². The molecule has 76 valence electrons. The van der Waals surface area contributed by atoms with Gasteiger partial charge in [-0.1, -0.05) is 13.8 Å². The molecule has 0 radical (unpaired) electrons. The molecule has 3 nitrogen and oxygen atoms in total. The first-order valence-corrected chi connectivity index (χ1v) is 4.95. The minimum Gasteiger partial charge on any atom is -0.318 e. The van der Waals surface area contributed by atoms with Crippen LogP contribution in [0.15, 0.2) is 0 Å². The van der Waals surface area contributed by atoms with Crippen molar-refractivity contribution >= 4 is 5.78 Å². The summed E-state index contributed by atoms with van der Waals surface area (Å²) in [6, 6.07) is 0. The molecule has 0 aliphatic carbocycles. The monoisotopic (exact) mass is 184 g/mol. The first-order valence-electron chi connectivity index (χ1n) is 4.95. The normalized spacial score (nSPS) is 31.3. The number of hydrogen-bond donors (Lipinski definition) is 1. The first kappa shape index (κ1) is 10.7. The Hall–Kier alpha value is -0.410. The fourth-order valence-electron chi connectivity index (χ4n) is 2.10. The van der Waals surface area contributed by atoms with Crippen molar-refractivity contribution in [2.75, 3.05) is 20.1 Å². The average molecular weight is 184 g/mol. The summed E-state index contributed by atoms with van der Waals surface area (Å²) in [7, 11) is 2.02. The number of nitrogens with zero attached hydrogens (tertiary/aromatic N) is 1. The van der Waals surface area contributed by atoms with E-state index in [9.17, 15) is 4.79 Å². The summed E-state index contributed by atoms with van der Waals surface area (Å²) in [6.07, 6.45) is 1.41. The Morgan fingerprint density at radius 2 is 2.23 bits per heavy atom. The number of carbonyl (C=O) groups is 1. The molecule has 1 saturated heterocycles. The zero-order valence-electron chi connectivity index (χ0n) is 8.84. The molecule has 0 aromatic carbocycles. The standard InChI is InChI=1S/C10H20N2O/c1-8(2)6-10(11)7-12(3)5-4-9(10)13/h8H,4-7,11H2,1-3H3. The highest BCUT2D eigenvalue weighted by Crippen LogP contribution is 2.21. The molecule has 0 spiro atoms. The van der Waals surface area contributed by atoms with E-state index in [0.29, 0.717) is 18.9 Å². The van der Waals surface area contributed by atoms with Crippen molar-refractivity contribution in [1.29, 1.82) is 0 Å². The zero-order chi connectivity index (χ0) is 10.1. The van der Waals surface area contributed by atoms with Gasteiger partial charge in [0, 0.05) is 19.5 Å². The van der Waals surface area contributed by atoms with Crippen molar-refractivity contribution < 1.29 is 4.79 Å². The summed E-state index contributed by atoms with van der Waals surface area (Å²) in [4.78, 5) is 13.8. The SMILES string of the molecule is CC(C)CC1(N)CN(C)CCC1=O. The number of Topliss-reactive ketones (excluding diaryl/α,β-unsaturated/α-hetero) is 1. The van der Waals surface area contributed by atoms with Gasteiger partial charge in [-0.3, -0.25) is 4.79 Å². The number of likely N-dealkylation sites (tertiary alicyclic amines) is 1. The van der Waals surface area contributed by atoms with E-state index in [1.165, 1.54) is 0 Å². The van der Waals surface area contributed by atoms with Crippen LogP contribution in [0.3, 0.4) is 0 Å². The molecule has 1 fully saturated rings. The van der Waals surface area contributed by atoms with Crippen LogP contribution in [-0.2, 0) is 4.79 Å². The second-order valence-electron chi connectivity index (χ2n) is 4.67.